The molecule has 0 aromatic heterocycles. The van der Waals surface area contributed by atoms with E-state index in [2.05, 4.69) is 17.3 Å². The maximum atomic E-state index is 12.8. The minimum Gasteiger partial charge on any atom is -0.396 e. The van der Waals surface area contributed by atoms with E-state index in [1.165, 1.54) is 0 Å². The molecule has 132 valence electrons. The number of likely N-dealkylation sites (N-methyl/N-ethyl adjacent to an activating group) is 1. The van der Waals surface area contributed by atoms with Crippen molar-refractivity contribution in [2.45, 2.75) is 24.9 Å². The van der Waals surface area contributed by atoms with E-state index in [4.69, 9.17) is 28.9 Å². The average Bonchev–Trinajstić information content (AvgIpc) is 3.03. The number of nitrogen functional groups attached to an aromatic ring is 1. The SMILES string of the molecule is CN1CCCC1C(NC(=O)c1cc(Cl)c(N)c(Cl)c1)c1ccccc1. The Morgan fingerprint density at radius 2 is 1.88 bits per heavy atom. The van der Waals surface area contributed by atoms with Crippen molar-refractivity contribution in [3.8, 4) is 0 Å². The van der Waals surface area contributed by atoms with Gasteiger partial charge in [-0.2, -0.15) is 0 Å². The third-order valence-corrected chi connectivity index (χ3v) is 5.37. The van der Waals surface area contributed by atoms with Gasteiger partial charge in [-0.15, -0.1) is 0 Å². The second kappa shape index (κ2) is 7.65. The summed E-state index contributed by atoms with van der Waals surface area (Å²) in [5.41, 5.74) is 7.54. The van der Waals surface area contributed by atoms with Crippen molar-refractivity contribution in [1.29, 1.82) is 0 Å². The van der Waals surface area contributed by atoms with Crippen LogP contribution in [0, 0.1) is 0 Å². The van der Waals surface area contributed by atoms with E-state index in [0.717, 1.165) is 24.9 Å². The van der Waals surface area contributed by atoms with Crippen molar-refractivity contribution in [1.82, 2.24) is 10.2 Å². The number of anilines is 1. The lowest BCUT2D eigenvalue weighted by Gasteiger charge is -2.30. The molecule has 2 aromatic rings. The van der Waals surface area contributed by atoms with Gasteiger partial charge < -0.3 is 16.0 Å². The number of carbonyl (C=O) groups excluding carboxylic acids is 1. The number of halogens is 2. The molecule has 1 aliphatic heterocycles. The van der Waals surface area contributed by atoms with Crippen molar-refractivity contribution in [3.63, 3.8) is 0 Å². The molecule has 2 aromatic carbocycles. The Morgan fingerprint density at radius 1 is 1.24 bits per heavy atom. The van der Waals surface area contributed by atoms with Gasteiger partial charge in [0, 0.05) is 11.6 Å². The lowest BCUT2D eigenvalue weighted by Crippen LogP contribution is -2.41. The summed E-state index contributed by atoms with van der Waals surface area (Å²) in [6.45, 7) is 1.03. The fourth-order valence-electron chi connectivity index (χ4n) is 3.36. The summed E-state index contributed by atoms with van der Waals surface area (Å²) in [4.78, 5) is 15.1. The maximum absolute atomic E-state index is 12.8. The molecule has 0 aliphatic carbocycles. The van der Waals surface area contributed by atoms with Crippen LogP contribution in [0.25, 0.3) is 0 Å². The second-order valence-electron chi connectivity index (χ2n) is 6.41. The van der Waals surface area contributed by atoms with Crippen LogP contribution in [-0.4, -0.2) is 30.4 Å². The van der Waals surface area contributed by atoms with Gasteiger partial charge in [0.15, 0.2) is 0 Å². The number of nitrogens with zero attached hydrogens (tertiary/aromatic N) is 1. The smallest absolute Gasteiger partial charge is 0.251 e. The lowest BCUT2D eigenvalue weighted by atomic mass is 9.97. The molecule has 0 bridgehead atoms. The Kier molecular flexibility index (Phi) is 5.52. The molecule has 1 aliphatic rings. The van der Waals surface area contributed by atoms with Crippen molar-refractivity contribution in [3.05, 3.63) is 63.6 Å². The summed E-state index contributed by atoms with van der Waals surface area (Å²) in [5.74, 6) is -0.210. The quantitative estimate of drug-likeness (QED) is 0.787. The first-order chi connectivity index (χ1) is 12.0. The van der Waals surface area contributed by atoms with Gasteiger partial charge in [0.2, 0.25) is 0 Å². The van der Waals surface area contributed by atoms with Gasteiger partial charge in [-0.1, -0.05) is 53.5 Å². The largest absolute Gasteiger partial charge is 0.396 e. The molecular formula is C19H21Cl2N3O. The molecule has 1 heterocycles. The fraction of sp³-hybridized carbons (Fsp3) is 0.316. The summed E-state index contributed by atoms with van der Waals surface area (Å²) in [5, 5.41) is 3.73. The summed E-state index contributed by atoms with van der Waals surface area (Å²) in [6.07, 6.45) is 2.17. The van der Waals surface area contributed by atoms with Crippen LogP contribution in [0.15, 0.2) is 42.5 Å². The summed E-state index contributed by atoms with van der Waals surface area (Å²) >= 11 is 12.1. The Hall–Kier alpha value is -1.75. The third kappa shape index (κ3) is 3.92. The second-order valence-corrected chi connectivity index (χ2v) is 7.22. The molecule has 0 radical (unpaired) electrons. The molecule has 1 saturated heterocycles. The molecule has 3 rings (SSSR count). The van der Waals surface area contributed by atoms with E-state index < -0.39 is 0 Å². The first-order valence-corrected chi connectivity index (χ1v) is 9.03. The van der Waals surface area contributed by atoms with Gasteiger partial charge in [-0.05, 0) is 44.1 Å². The van der Waals surface area contributed by atoms with Gasteiger partial charge in [0.05, 0.1) is 21.8 Å². The van der Waals surface area contributed by atoms with Gasteiger partial charge >= 0.3 is 0 Å². The van der Waals surface area contributed by atoms with Crippen LogP contribution in [-0.2, 0) is 0 Å². The summed E-state index contributed by atoms with van der Waals surface area (Å²) < 4.78 is 0. The number of hydrogen-bond acceptors (Lipinski definition) is 3. The maximum Gasteiger partial charge on any atom is 0.251 e. The average molecular weight is 378 g/mol. The highest BCUT2D eigenvalue weighted by molar-refractivity contribution is 6.39. The molecule has 4 nitrogen and oxygen atoms in total. The topological polar surface area (TPSA) is 58.4 Å². The molecule has 2 atom stereocenters. The number of hydrogen-bond donors (Lipinski definition) is 2. The predicted octanol–water partition coefficient (Wildman–Crippen LogP) is 4.14. The van der Waals surface area contributed by atoms with Crippen LogP contribution in [0.2, 0.25) is 10.0 Å². The van der Waals surface area contributed by atoms with E-state index in [9.17, 15) is 4.79 Å². The van der Waals surface area contributed by atoms with Gasteiger partial charge in [-0.3, -0.25) is 4.79 Å². The molecule has 1 fully saturated rings. The van der Waals surface area contributed by atoms with Crippen LogP contribution in [0.1, 0.15) is 34.8 Å². The van der Waals surface area contributed by atoms with Crippen molar-refractivity contribution in [2.75, 3.05) is 19.3 Å². The minimum atomic E-state index is -0.210. The molecule has 0 spiro atoms. The predicted molar refractivity (Wildman–Crippen MR) is 103 cm³/mol. The Labute approximate surface area is 157 Å². The number of benzene rings is 2. The zero-order valence-electron chi connectivity index (χ0n) is 14.0. The normalized spacial score (nSPS) is 18.9. The molecule has 0 saturated carbocycles. The number of likely N-dealkylation sites (tertiary alicyclic amines) is 1. The first kappa shape index (κ1) is 18.1. The van der Waals surface area contributed by atoms with Crippen molar-refractivity contribution >= 4 is 34.8 Å². The van der Waals surface area contributed by atoms with Crippen molar-refractivity contribution in [2.24, 2.45) is 0 Å². The van der Waals surface area contributed by atoms with E-state index in [0.29, 0.717) is 5.56 Å². The molecule has 1 amide bonds. The number of carbonyl (C=O) groups is 1. The highest BCUT2D eigenvalue weighted by Crippen LogP contribution is 2.31. The van der Waals surface area contributed by atoms with Crippen LogP contribution in [0.5, 0.6) is 0 Å². The highest BCUT2D eigenvalue weighted by atomic mass is 35.5. The lowest BCUT2D eigenvalue weighted by molar-refractivity contribution is 0.0913. The molecule has 3 N–H and O–H groups in total. The zero-order valence-corrected chi connectivity index (χ0v) is 15.5. The molecule has 25 heavy (non-hydrogen) atoms. The highest BCUT2D eigenvalue weighted by Gasteiger charge is 2.31. The van der Waals surface area contributed by atoms with Crippen LogP contribution >= 0.6 is 23.2 Å². The molecule has 2 unspecified atom stereocenters. The van der Waals surface area contributed by atoms with Crippen LogP contribution in [0.4, 0.5) is 5.69 Å². The zero-order chi connectivity index (χ0) is 18.0. The van der Waals surface area contributed by atoms with Crippen LogP contribution < -0.4 is 11.1 Å². The minimum absolute atomic E-state index is 0.101. The Balaban J connectivity index is 1.89. The number of nitrogens with one attached hydrogen (secondary N) is 1. The van der Waals surface area contributed by atoms with Crippen molar-refractivity contribution < 1.29 is 4.79 Å². The number of rotatable bonds is 4. The van der Waals surface area contributed by atoms with E-state index in [-0.39, 0.29) is 33.7 Å². The van der Waals surface area contributed by atoms with Gasteiger partial charge in [-0.25, -0.2) is 0 Å². The Morgan fingerprint density at radius 3 is 2.44 bits per heavy atom. The summed E-state index contributed by atoms with van der Waals surface area (Å²) in [6, 6.07) is 13.3. The number of nitrogens with two attached hydrogens (primary N) is 1. The fourth-order valence-corrected chi connectivity index (χ4v) is 3.85. The van der Waals surface area contributed by atoms with Gasteiger partial charge in [0.1, 0.15) is 0 Å². The summed E-state index contributed by atoms with van der Waals surface area (Å²) in [7, 11) is 2.09. The van der Waals surface area contributed by atoms with E-state index >= 15 is 0 Å². The van der Waals surface area contributed by atoms with Gasteiger partial charge in [0.25, 0.3) is 5.91 Å². The number of amides is 1. The standard InChI is InChI=1S/C19H21Cl2N3O/c1-24-9-5-8-16(24)18(12-6-3-2-4-7-12)23-19(25)13-10-14(20)17(22)15(21)11-13/h2-4,6-7,10-11,16,18H,5,8-9,22H2,1H3,(H,23,25). The molecular weight excluding hydrogens is 357 g/mol. The first-order valence-electron chi connectivity index (χ1n) is 8.28. The van der Waals surface area contributed by atoms with E-state index in [1.54, 1.807) is 12.1 Å². The third-order valence-electron chi connectivity index (χ3n) is 4.75. The monoisotopic (exact) mass is 377 g/mol. The van der Waals surface area contributed by atoms with E-state index in [1.807, 2.05) is 30.3 Å². The molecule has 6 heteroatoms. The van der Waals surface area contributed by atoms with Crippen LogP contribution in [0.3, 0.4) is 0 Å². The Bertz CT molecular complexity index is 744.